The Kier molecular flexibility index (Phi) is 6.54. The van der Waals surface area contributed by atoms with Crippen LogP contribution in [0.5, 0.6) is 0 Å². The summed E-state index contributed by atoms with van der Waals surface area (Å²) in [5.74, 6) is 0.0154. The Hall–Kier alpha value is -0.610. The largest absolute Gasteiger partial charge is 0.369 e. The molecule has 0 fully saturated rings. The van der Waals surface area contributed by atoms with Gasteiger partial charge in [-0.25, -0.2) is 0 Å². The van der Waals surface area contributed by atoms with Gasteiger partial charge in [-0.05, 0) is 20.8 Å². The summed E-state index contributed by atoms with van der Waals surface area (Å²) >= 11 is 0. The third-order valence-corrected chi connectivity index (χ3v) is 1.67. The van der Waals surface area contributed by atoms with Crippen LogP contribution in [0.1, 0.15) is 20.8 Å². The molecule has 0 heterocycles. The Morgan fingerprint density at radius 1 is 1.54 bits per heavy atom. The first kappa shape index (κ1) is 12.4. The van der Waals surface area contributed by atoms with E-state index in [9.17, 15) is 4.79 Å². The first-order valence-electron chi connectivity index (χ1n) is 4.71. The molecule has 0 radical (unpaired) electrons. The summed E-state index contributed by atoms with van der Waals surface area (Å²) in [7, 11) is 0. The highest BCUT2D eigenvalue weighted by Gasteiger charge is 2.10. The number of rotatable bonds is 6. The van der Waals surface area contributed by atoms with E-state index < -0.39 is 0 Å². The maximum atomic E-state index is 11.4. The van der Waals surface area contributed by atoms with Crippen molar-refractivity contribution in [2.24, 2.45) is 5.73 Å². The molecule has 0 aliphatic rings. The third kappa shape index (κ3) is 5.60. The minimum Gasteiger partial charge on any atom is -0.369 e. The quantitative estimate of drug-likeness (QED) is 0.648. The zero-order chi connectivity index (χ0) is 10.3. The number of nitrogens with two attached hydrogens (primary N) is 1. The fraction of sp³-hybridized carbons (Fsp3) is 0.889. The van der Waals surface area contributed by atoms with E-state index in [-0.39, 0.29) is 18.6 Å². The molecule has 0 aromatic carbocycles. The molecule has 78 valence electrons. The summed E-state index contributed by atoms with van der Waals surface area (Å²) < 4.78 is 5.20. The zero-order valence-corrected chi connectivity index (χ0v) is 8.75. The van der Waals surface area contributed by atoms with Crippen LogP contribution in [0.4, 0.5) is 0 Å². The van der Waals surface area contributed by atoms with Gasteiger partial charge < -0.3 is 15.4 Å². The molecule has 0 saturated carbocycles. The lowest BCUT2D eigenvalue weighted by atomic mass is 10.4. The van der Waals surface area contributed by atoms with Gasteiger partial charge in [0.2, 0.25) is 5.91 Å². The minimum atomic E-state index is 0.0154. The fourth-order valence-corrected chi connectivity index (χ4v) is 0.944. The van der Waals surface area contributed by atoms with Gasteiger partial charge in [0.25, 0.3) is 0 Å². The monoisotopic (exact) mass is 188 g/mol. The van der Waals surface area contributed by atoms with Crippen molar-refractivity contribution in [1.29, 1.82) is 0 Å². The summed E-state index contributed by atoms with van der Waals surface area (Å²) in [6, 6.07) is 0. The molecule has 0 bridgehead atoms. The standard InChI is InChI=1S/C9H20N2O2/c1-4-11(6-5-10)9(12)7-13-8(2)3/h8H,4-7,10H2,1-3H3. The smallest absolute Gasteiger partial charge is 0.248 e. The number of nitrogens with zero attached hydrogens (tertiary/aromatic N) is 1. The lowest BCUT2D eigenvalue weighted by molar-refractivity contribution is -0.137. The van der Waals surface area contributed by atoms with Gasteiger partial charge in [0.1, 0.15) is 6.61 Å². The Labute approximate surface area is 80.0 Å². The molecule has 1 amide bonds. The van der Waals surface area contributed by atoms with Crippen LogP contribution < -0.4 is 5.73 Å². The van der Waals surface area contributed by atoms with E-state index in [1.54, 1.807) is 4.90 Å². The first-order chi connectivity index (χ1) is 6.11. The van der Waals surface area contributed by atoms with Crippen LogP contribution in [0.15, 0.2) is 0 Å². The Morgan fingerprint density at radius 2 is 2.15 bits per heavy atom. The van der Waals surface area contributed by atoms with Gasteiger partial charge in [-0.15, -0.1) is 0 Å². The zero-order valence-electron chi connectivity index (χ0n) is 8.75. The normalized spacial score (nSPS) is 10.5. The summed E-state index contributed by atoms with van der Waals surface area (Å²) in [4.78, 5) is 13.1. The van der Waals surface area contributed by atoms with Crippen molar-refractivity contribution in [3.05, 3.63) is 0 Å². The van der Waals surface area contributed by atoms with Crippen LogP contribution in [-0.2, 0) is 9.53 Å². The highest BCUT2D eigenvalue weighted by Crippen LogP contribution is 1.93. The lowest BCUT2D eigenvalue weighted by Gasteiger charge is -2.20. The van der Waals surface area contributed by atoms with Gasteiger partial charge in [0.15, 0.2) is 0 Å². The highest BCUT2D eigenvalue weighted by molar-refractivity contribution is 5.77. The van der Waals surface area contributed by atoms with Crippen molar-refractivity contribution in [2.45, 2.75) is 26.9 Å². The van der Waals surface area contributed by atoms with Crippen molar-refractivity contribution in [2.75, 3.05) is 26.2 Å². The number of ether oxygens (including phenoxy) is 1. The van der Waals surface area contributed by atoms with Gasteiger partial charge in [0.05, 0.1) is 6.10 Å². The van der Waals surface area contributed by atoms with Gasteiger partial charge in [-0.3, -0.25) is 4.79 Å². The Bertz CT molecular complexity index is 149. The van der Waals surface area contributed by atoms with Crippen LogP contribution in [-0.4, -0.2) is 43.2 Å². The van der Waals surface area contributed by atoms with Crippen molar-refractivity contribution in [3.8, 4) is 0 Å². The summed E-state index contributed by atoms with van der Waals surface area (Å²) in [5.41, 5.74) is 5.36. The highest BCUT2D eigenvalue weighted by atomic mass is 16.5. The molecule has 0 saturated heterocycles. The SMILES string of the molecule is CCN(CCN)C(=O)COC(C)C. The first-order valence-corrected chi connectivity index (χ1v) is 4.71. The second-order valence-electron chi connectivity index (χ2n) is 3.12. The maximum absolute atomic E-state index is 11.4. The molecule has 0 aliphatic heterocycles. The summed E-state index contributed by atoms with van der Waals surface area (Å²) in [6.07, 6.45) is 0.0977. The molecule has 0 rings (SSSR count). The van der Waals surface area contributed by atoms with Crippen molar-refractivity contribution in [1.82, 2.24) is 4.90 Å². The summed E-state index contributed by atoms with van der Waals surface area (Å²) in [6.45, 7) is 7.71. The predicted octanol–water partition coefficient (Wildman–Crippen LogP) is 0.219. The van der Waals surface area contributed by atoms with Crippen molar-refractivity contribution in [3.63, 3.8) is 0 Å². The van der Waals surface area contributed by atoms with Gasteiger partial charge in [0, 0.05) is 19.6 Å². The fourth-order valence-electron chi connectivity index (χ4n) is 0.944. The molecule has 0 aromatic rings. The van der Waals surface area contributed by atoms with E-state index in [4.69, 9.17) is 10.5 Å². The second kappa shape index (κ2) is 6.86. The van der Waals surface area contributed by atoms with Crippen LogP contribution in [0.25, 0.3) is 0 Å². The molecule has 13 heavy (non-hydrogen) atoms. The predicted molar refractivity (Wildman–Crippen MR) is 52.4 cm³/mol. The Balaban J connectivity index is 3.77. The lowest BCUT2D eigenvalue weighted by Crippen LogP contribution is -2.38. The van der Waals surface area contributed by atoms with Gasteiger partial charge in [-0.2, -0.15) is 0 Å². The molecule has 4 heteroatoms. The Morgan fingerprint density at radius 3 is 2.54 bits per heavy atom. The molecule has 0 aromatic heterocycles. The second-order valence-corrected chi connectivity index (χ2v) is 3.12. The van der Waals surface area contributed by atoms with Crippen molar-refractivity contribution >= 4 is 5.91 Å². The van der Waals surface area contributed by atoms with Gasteiger partial charge in [-0.1, -0.05) is 0 Å². The number of carbonyl (C=O) groups excluding carboxylic acids is 1. The molecule has 0 aliphatic carbocycles. The van der Waals surface area contributed by atoms with E-state index >= 15 is 0 Å². The van der Waals surface area contributed by atoms with Gasteiger partial charge >= 0.3 is 0 Å². The van der Waals surface area contributed by atoms with E-state index in [0.29, 0.717) is 19.6 Å². The van der Waals surface area contributed by atoms with Crippen LogP contribution >= 0.6 is 0 Å². The molecule has 0 spiro atoms. The van der Waals surface area contributed by atoms with E-state index in [1.165, 1.54) is 0 Å². The number of amides is 1. The molecule has 4 nitrogen and oxygen atoms in total. The van der Waals surface area contributed by atoms with Crippen LogP contribution in [0.3, 0.4) is 0 Å². The van der Waals surface area contributed by atoms with E-state index in [0.717, 1.165) is 0 Å². The minimum absolute atomic E-state index is 0.0154. The molecule has 2 N–H and O–H groups in total. The van der Waals surface area contributed by atoms with Crippen LogP contribution in [0.2, 0.25) is 0 Å². The number of hydrogen-bond acceptors (Lipinski definition) is 3. The number of likely N-dealkylation sites (N-methyl/N-ethyl adjacent to an activating group) is 1. The van der Waals surface area contributed by atoms with E-state index in [2.05, 4.69) is 0 Å². The number of hydrogen-bond donors (Lipinski definition) is 1. The summed E-state index contributed by atoms with van der Waals surface area (Å²) in [5, 5.41) is 0. The molecular weight excluding hydrogens is 168 g/mol. The third-order valence-electron chi connectivity index (χ3n) is 1.67. The topological polar surface area (TPSA) is 55.6 Å². The number of carbonyl (C=O) groups is 1. The average molecular weight is 188 g/mol. The van der Waals surface area contributed by atoms with Crippen LogP contribution in [0, 0.1) is 0 Å². The van der Waals surface area contributed by atoms with Crippen molar-refractivity contribution < 1.29 is 9.53 Å². The van der Waals surface area contributed by atoms with E-state index in [1.807, 2.05) is 20.8 Å². The molecule has 0 atom stereocenters. The average Bonchev–Trinajstić information content (AvgIpc) is 2.10. The molecular formula is C9H20N2O2. The molecule has 0 unspecified atom stereocenters. The maximum Gasteiger partial charge on any atom is 0.248 e.